The summed E-state index contributed by atoms with van der Waals surface area (Å²) in [5.41, 5.74) is 0. The molecular formula is C14H20N6O4. The summed E-state index contributed by atoms with van der Waals surface area (Å²) in [6.07, 6.45) is -3.14. The Morgan fingerprint density at radius 2 is 0.750 bits per heavy atom. The lowest BCUT2D eigenvalue weighted by Crippen LogP contribution is -2.73. The molecule has 130 valence electrons. The number of nitrogens with zero attached hydrogens (tertiary/aromatic N) is 4. The molecule has 2 N–H and O–H groups in total. The summed E-state index contributed by atoms with van der Waals surface area (Å²) in [4.78, 5) is 55.4. The van der Waals surface area contributed by atoms with Gasteiger partial charge in [-0.05, 0) is 0 Å². The normalized spacial score (nSPS) is 38.8. The molecule has 0 radical (unpaired) electrons. The summed E-state index contributed by atoms with van der Waals surface area (Å²) in [6.45, 7) is 5.71. The molecule has 0 aliphatic carbocycles. The van der Waals surface area contributed by atoms with Gasteiger partial charge in [0.25, 0.3) is 0 Å². The third-order valence-corrected chi connectivity index (χ3v) is 5.34. The van der Waals surface area contributed by atoms with Crippen molar-refractivity contribution in [1.82, 2.24) is 30.2 Å². The number of rotatable bonds is 0. The van der Waals surface area contributed by atoms with Crippen LogP contribution in [0.4, 0.5) is 0 Å². The lowest BCUT2D eigenvalue weighted by atomic mass is 10.2. The standard InChI is InChI=1S/C14H20N6O4/c1-5(21)17-9-10-16-12-11(15-9)19(7(3)23)14(20(12)8(4)24)13(17)18(10)6(2)22/h9-16H,1-4H3/t9-,10+,11?,12?,13+,14?. The van der Waals surface area contributed by atoms with Crippen LogP contribution in [0.2, 0.25) is 0 Å². The molecule has 10 nitrogen and oxygen atoms in total. The van der Waals surface area contributed by atoms with Gasteiger partial charge in [0.05, 0.1) is 0 Å². The number of hydrogen-bond donors (Lipinski definition) is 2. The van der Waals surface area contributed by atoms with E-state index in [0.29, 0.717) is 0 Å². The summed E-state index contributed by atoms with van der Waals surface area (Å²) in [7, 11) is 0. The van der Waals surface area contributed by atoms with Gasteiger partial charge in [-0.25, -0.2) is 0 Å². The first-order chi connectivity index (χ1) is 11.3. The van der Waals surface area contributed by atoms with Gasteiger partial charge in [-0.3, -0.25) is 49.4 Å². The molecule has 0 saturated carbocycles. The van der Waals surface area contributed by atoms with Crippen LogP contribution in [-0.4, -0.2) is 80.2 Å². The van der Waals surface area contributed by atoms with Crippen molar-refractivity contribution < 1.29 is 19.2 Å². The second-order valence-electron chi connectivity index (χ2n) is 6.65. The summed E-state index contributed by atoms with van der Waals surface area (Å²) in [5, 5.41) is 6.58. The van der Waals surface area contributed by atoms with Crippen LogP contribution in [0.15, 0.2) is 0 Å². The Bertz CT molecular complexity index is 560. The maximum absolute atomic E-state index is 12.3. The van der Waals surface area contributed by atoms with Crippen LogP contribution in [0.1, 0.15) is 27.7 Å². The molecule has 5 aliphatic heterocycles. The smallest absolute Gasteiger partial charge is 0.222 e. The van der Waals surface area contributed by atoms with Crippen LogP contribution in [-0.2, 0) is 19.2 Å². The van der Waals surface area contributed by atoms with Crippen molar-refractivity contribution >= 4 is 23.6 Å². The Labute approximate surface area is 138 Å². The Hall–Kier alpha value is -2.20. The molecule has 5 saturated heterocycles. The van der Waals surface area contributed by atoms with Crippen molar-refractivity contribution in [3.63, 3.8) is 0 Å². The number of nitrogens with one attached hydrogen (secondary N) is 2. The van der Waals surface area contributed by atoms with E-state index in [1.54, 1.807) is 19.6 Å². The summed E-state index contributed by atoms with van der Waals surface area (Å²) in [5.74, 6) is -0.866. The average molecular weight is 336 g/mol. The van der Waals surface area contributed by atoms with E-state index in [1.807, 2.05) is 0 Å². The first-order valence-electron chi connectivity index (χ1n) is 7.93. The van der Waals surface area contributed by atoms with Crippen molar-refractivity contribution in [1.29, 1.82) is 0 Å². The minimum absolute atomic E-state index is 0.217. The second-order valence-corrected chi connectivity index (χ2v) is 6.65. The van der Waals surface area contributed by atoms with Crippen molar-refractivity contribution in [2.45, 2.75) is 64.7 Å². The molecule has 0 aromatic rings. The van der Waals surface area contributed by atoms with Crippen molar-refractivity contribution in [2.75, 3.05) is 0 Å². The SMILES string of the molecule is CC(=O)N1C2N[C@@H]3[C@@H]4NC2N(C(C)=O)C1[C@H](N3C(C)=O)N4C(C)=O. The van der Waals surface area contributed by atoms with Gasteiger partial charge in [-0.1, -0.05) is 0 Å². The van der Waals surface area contributed by atoms with Gasteiger partial charge in [-0.15, -0.1) is 0 Å². The average Bonchev–Trinajstić information content (AvgIpc) is 2.85. The summed E-state index contributed by atoms with van der Waals surface area (Å²) in [6, 6.07) is 0. The first kappa shape index (κ1) is 15.3. The summed E-state index contributed by atoms with van der Waals surface area (Å²) >= 11 is 0. The molecule has 5 heterocycles. The Morgan fingerprint density at radius 3 is 0.917 bits per heavy atom. The van der Waals surface area contributed by atoms with Crippen LogP contribution in [0.5, 0.6) is 0 Å². The van der Waals surface area contributed by atoms with Crippen molar-refractivity contribution in [3.05, 3.63) is 0 Å². The molecule has 10 heteroatoms. The molecule has 0 aromatic heterocycles. The lowest BCUT2D eigenvalue weighted by molar-refractivity contribution is -0.152. The minimum Gasteiger partial charge on any atom is -0.299 e. The number of amides is 4. The topological polar surface area (TPSA) is 105 Å². The molecule has 4 amide bonds. The fourth-order valence-corrected chi connectivity index (χ4v) is 4.67. The fourth-order valence-electron chi connectivity index (χ4n) is 4.67. The zero-order valence-electron chi connectivity index (χ0n) is 13.9. The largest absolute Gasteiger partial charge is 0.299 e. The summed E-state index contributed by atoms with van der Waals surface area (Å²) < 4.78 is 0. The van der Waals surface area contributed by atoms with Crippen molar-refractivity contribution in [3.8, 4) is 0 Å². The first-order valence-corrected chi connectivity index (χ1v) is 7.93. The van der Waals surface area contributed by atoms with Crippen LogP contribution in [0, 0.1) is 0 Å². The predicted octanol–water partition coefficient (Wildman–Crippen LogP) is -2.43. The predicted molar refractivity (Wildman–Crippen MR) is 79.1 cm³/mol. The minimum atomic E-state index is -0.708. The number of carbonyl (C=O) groups excluding carboxylic acids is 4. The van der Waals surface area contributed by atoms with Gasteiger partial charge in [0.1, 0.15) is 37.0 Å². The van der Waals surface area contributed by atoms with Gasteiger partial charge in [-0.2, -0.15) is 0 Å². The van der Waals surface area contributed by atoms with Gasteiger partial charge in [0.15, 0.2) is 0 Å². The maximum atomic E-state index is 12.3. The highest BCUT2D eigenvalue weighted by Gasteiger charge is 2.69. The van der Waals surface area contributed by atoms with E-state index in [2.05, 4.69) is 10.6 Å². The lowest BCUT2D eigenvalue weighted by Gasteiger charge is -2.42. The Morgan fingerprint density at radius 1 is 0.542 bits per heavy atom. The zero-order valence-corrected chi connectivity index (χ0v) is 13.9. The highest BCUT2D eigenvalue weighted by molar-refractivity contribution is 5.83. The van der Waals surface area contributed by atoms with Gasteiger partial charge >= 0.3 is 0 Å². The van der Waals surface area contributed by atoms with E-state index < -0.39 is 37.0 Å². The van der Waals surface area contributed by atoms with E-state index in [-0.39, 0.29) is 23.6 Å². The zero-order chi connectivity index (χ0) is 17.5. The molecule has 0 aromatic carbocycles. The molecule has 6 atom stereocenters. The van der Waals surface area contributed by atoms with Gasteiger partial charge in [0, 0.05) is 27.7 Å². The van der Waals surface area contributed by atoms with Crippen LogP contribution in [0.3, 0.4) is 0 Å². The van der Waals surface area contributed by atoms with E-state index in [1.165, 1.54) is 27.7 Å². The number of carbonyl (C=O) groups is 4. The van der Waals surface area contributed by atoms with E-state index in [4.69, 9.17) is 0 Å². The third kappa shape index (κ3) is 1.62. The molecule has 5 aliphatic rings. The van der Waals surface area contributed by atoms with Gasteiger partial charge < -0.3 is 0 Å². The second kappa shape index (κ2) is 4.67. The van der Waals surface area contributed by atoms with Crippen LogP contribution in [0.25, 0.3) is 0 Å². The monoisotopic (exact) mass is 336 g/mol. The fraction of sp³-hybridized carbons (Fsp3) is 0.714. The Kier molecular flexibility index (Phi) is 2.98. The molecule has 24 heavy (non-hydrogen) atoms. The maximum Gasteiger partial charge on any atom is 0.222 e. The number of piperazine rings is 1. The van der Waals surface area contributed by atoms with Crippen LogP contribution < -0.4 is 10.6 Å². The highest BCUT2D eigenvalue weighted by atomic mass is 16.2. The van der Waals surface area contributed by atoms with Gasteiger partial charge in [0.2, 0.25) is 23.6 Å². The molecule has 0 spiro atoms. The highest BCUT2D eigenvalue weighted by Crippen LogP contribution is 2.43. The quantitative estimate of drug-likeness (QED) is 0.510. The van der Waals surface area contributed by atoms with Crippen molar-refractivity contribution in [2.24, 2.45) is 0 Å². The molecule has 5 fully saturated rings. The molecular weight excluding hydrogens is 316 g/mol. The van der Waals surface area contributed by atoms with E-state index in [9.17, 15) is 19.2 Å². The molecule has 3 unspecified atom stereocenters. The van der Waals surface area contributed by atoms with E-state index >= 15 is 0 Å². The van der Waals surface area contributed by atoms with E-state index in [0.717, 1.165) is 0 Å². The third-order valence-electron chi connectivity index (χ3n) is 5.34. The molecule has 6 bridgehead atoms. The number of hydrogen-bond acceptors (Lipinski definition) is 6. The van der Waals surface area contributed by atoms with Crippen LogP contribution >= 0.6 is 0 Å². The Balaban J connectivity index is 1.93. The molecule has 5 rings (SSSR count).